The molecule has 0 saturated carbocycles. The monoisotopic (exact) mass is 315 g/mol. The minimum absolute atomic E-state index is 0.561. The van der Waals surface area contributed by atoms with E-state index in [1.54, 1.807) is 0 Å². The summed E-state index contributed by atoms with van der Waals surface area (Å²) in [6.07, 6.45) is 7.58. The molecule has 1 aliphatic rings. The number of aryl methyl sites for hydroxylation is 1. The van der Waals surface area contributed by atoms with E-state index in [-0.39, 0.29) is 0 Å². The highest BCUT2D eigenvalue weighted by Crippen LogP contribution is 2.14. The molecule has 3 rings (SSSR count). The molecular weight excluding hydrogens is 290 g/mol. The predicted octanol–water partition coefficient (Wildman–Crippen LogP) is 1.17. The van der Waals surface area contributed by atoms with Gasteiger partial charge in [-0.15, -0.1) is 10.2 Å². The van der Waals surface area contributed by atoms with Crippen LogP contribution in [-0.2, 0) is 26.1 Å². The second-order valence-corrected chi connectivity index (χ2v) is 5.68. The second kappa shape index (κ2) is 7.80. The van der Waals surface area contributed by atoms with Gasteiger partial charge in [-0.05, 0) is 31.9 Å². The lowest BCUT2D eigenvalue weighted by atomic mass is 10.2. The molecule has 0 bridgehead atoms. The van der Waals surface area contributed by atoms with Crippen LogP contribution in [0.25, 0.3) is 0 Å². The largest absolute Gasteiger partial charge is 0.357 e. The summed E-state index contributed by atoms with van der Waals surface area (Å²) in [5.74, 6) is 2.89. The van der Waals surface area contributed by atoms with Crippen molar-refractivity contribution in [3.8, 4) is 0 Å². The van der Waals surface area contributed by atoms with E-state index in [1.165, 1.54) is 12.8 Å². The molecule has 0 aromatic carbocycles. The smallest absolute Gasteiger partial charge is 0.191 e. The van der Waals surface area contributed by atoms with Crippen molar-refractivity contribution in [1.82, 2.24) is 30.0 Å². The molecule has 0 aliphatic carbocycles. The van der Waals surface area contributed by atoms with E-state index in [9.17, 15) is 0 Å². The molecule has 2 aromatic rings. The molecule has 0 atom stereocenters. The molecule has 1 aliphatic heterocycles. The van der Waals surface area contributed by atoms with Gasteiger partial charge in [-0.3, -0.25) is 0 Å². The Labute approximate surface area is 136 Å². The summed E-state index contributed by atoms with van der Waals surface area (Å²) < 4.78 is 4.36. The SMILES string of the molecule is CCNC(=NCc1nnc2n1CCCC2)NCCn1cccc1. The van der Waals surface area contributed by atoms with E-state index < -0.39 is 0 Å². The quantitative estimate of drug-likeness (QED) is 0.620. The molecule has 0 radical (unpaired) electrons. The van der Waals surface area contributed by atoms with Gasteiger partial charge in [0.25, 0.3) is 0 Å². The molecule has 7 nitrogen and oxygen atoms in total. The molecule has 124 valence electrons. The van der Waals surface area contributed by atoms with Crippen molar-refractivity contribution >= 4 is 5.96 Å². The Kier molecular flexibility index (Phi) is 5.29. The number of hydrogen-bond acceptors (Lipinski definition) is 3. The van der Waals surface area contributed by atoms with Gasteiger partial charge in [-0.1, -0.05) is 0 Å². The zero-order valence-corrected chi connectivity index (χ0v) is 13.7. The number of fused-ring (bicyclic) bond motifs is 1. The summed E-state index contributed by atoms with van der Waals surface area (Å²) in [4.78, 5) is 4.64. The second-order valence-electron chi connectivity index (χ2n) is 5.68. The molecule has 3 heterocycles. The Hall–Kier alpha value is -2.31. The first-order valence-electron chi connectivity index (χ1n) is 8.40. The predicted molar refractivity (Wildman–Crippen MR) is 90.2 cm³/mol. The Bertz CT molecular complexity index is 627. The number of aromatic nitrogens is 4. The Morgan fingerprint density at radius 2 is 2.09 bits per heavy atom. The van der Waals surface area contributed by atoms with Crippen molar-refractivity contribution in [2.24, 2.45) is 4.99 Å². The number of guanidine groups is 1. The Balaban J connectivity index is 1.56. The topological polar surface area (TPSA) is 72.1 Å². The van der Waals surface area contributed by atoms with Crippen molar-refractivity contribution < 1.29 is 0 Å². The fraction of sp³-hybridized carbons (Fsp3) is 0.562. The lowest BCUT2D eigenvalue weighted by Crippen LogP contribution is -2.38. The first kappa shape index (κ1) is 15.6. The van der Waals surface area contributed by atoms with E-state index in [0.717, 1.165) is 50.2 Å². The Morgan fingerprint density at radius 3 is 2.91 bits per heavy atom. The van der Waals surface area contributed by atoms with Crippen LogP contribution in [0.15, 0.2) is 29.5 Å². The average molecular weight is 315 g/mol. The molecule has 23 heavy (non-hydrogen) atoms. The van der Waals surface area contributed by atoms with Crippen LogP contribution in [0, 0.1) is 0 Å². The third kappa shape index (κ3) is 4.12. The highest BCUT2D eigenvalue weighted by molar-refractivity contribution is 5.79. The fourth-order valence-corrected chi connectivity index (χ4v) is 2.80. The van der Waals surface area contributed by atoms with E-state index in [0.29, 0.717) is 6.54 Å². The van der Waals surface area contributed by atoms with Crippen LogP contribution in [0.3, 0.4) is 0 Å². The van der Waals surface area contributed by atoms with Crippen LogP contribution in [-0.4, -0.2) is 38.4 Å². The molecule has 0 unspecified atom stereocenters. The molecular formula is C16H25N7. The maximum atomic E-state index is 4.64. The average Bonchev–Trinajstić information content (AvgIpc) is 3.22. The number of hydrogen-bond donors (Lipinski definition) is 2. The van der Waals surface area contributed by atoms with Gasteiger partial charge < -0.3 is 19.8 Å². The van der Waals surface area contributed by atoms with Gasteiger partial charge in [-0.2, -0.15) is 0 Å². The van der Waals surface area contributed by atoms with Gasteiger partial charge in [-0.25, -0.2) is 4.99 Å². The van der Waals surface area contributed by atoms with Crippen LogP contribution in [0.5, 0.6) is 0 Å². The van der Waals surface area contributed by atoms with Crippen LogP contribution in [0.4, 0.5) is 0 Å². The highest BCUT2D eigenvalue weighted by atomic mass is 15.3. The van der Waals surface area contributed by atoms with Gasteiger partial charge in [0, 0.05) is 45.0 Å². The normalized spacial score (nSPS) is 14.6. The standard InChI is InChI=1S/C16H25N7/c1-2-17-16(18-8-12-22-9-5-6-10-22)19-13-15-21-20-14-7-3-4-11-23(14)15/h5-6,9-10H,2-4,7-8,11-13H2,1H3,(H2,17,18,19). The van der Waals surface area contributed by atoms with Crippen LogP contribution in [0.1, 0.15) is 31.4 Å². The molecule has 2 aromatic heterocycles. The summed E-state index contributed by atoms with van der Waals surface area (Å²) in [5, 5.41) is 15.2. The third-order valence-corrected chi connectivity index (χ3v) is 3.99. The lowest BCUT2D eigenvalue weighted by molar-refractivity contribution is 0.508. The van der Waals surface area contributed by atoms with Crippen molar-refractivity contribution in [2.45, 2.75) is 45.8 Å². The van der Waals surface area contributed by atoms with Crippen molar-refractivity contribution in [2.75, 3.05) is 13.1 Å². The van der Waals surface area contributed by atoms with Crippen molar-refractivity contribution in [1.29, 1.82) is 0 Å². The fourth-order valence-electron chi connectivity index (χ4n) is 2.80. The molecule has 0 fully saturated rings. The number of rotatable bonds is 6. The van der Waals surface area contributed by atoms with Gasteiger partial charge in [0.2, 0.25) is 0 Å². The first-order chi connectivity index (χ1) is 11.4. The minimum Gasteiger partial charge on any atom is -0.357 e. The number of aliphatic imine (C=N–C) groups is 1. The molecule has 2 N–H and O–H groups in total. The van der Waals surface area contributed by atoms with Gasteiger partial charge in [0.15, 0.2) is 11.8 Å². The van der Waals surface area contributed by atoms with Crippen LogP contribution in [0.2, 0.25) is 0 Å². The third-order valence-electron chi connectivity index (χ3n) is 3.99. The summed E-state index contributed by atoms with van der Waals surface area (Å²) in [6, 6.07) is 4.07. The van der Waals surface area contributed by atoms with Crippen LogP contribution < -0.4 is 10.6 Å². The van der Waals surface area contributed by atoms with E-state index in [1.807, 2.05) is 12.1 Å². The van der Waals surface area contributed by atoms with E-state index >= 15 is 0 Å². The molecule has 0 amide bonds. The lowest BCUT2D eigenvalue weighted by Gasteiger charge is -2.15. The molecule has 0 spiro atoms. The van der Waals surface area contributed by atoms with Gasteiger partial charge in [0.05, 0.1) is 0 Å². The molecule has 7 heteroatoms. The molecule has 0 saturated heterocycles. The minimum atomic E-state index is 0.561. The number of nitrogens with zero attached hydrogens (tertiary/aromatic N) is 5. The van der Waals surface area contributed by atoms with Crippen LogP contribution >= 0.6 is 0 Å². The van der Waals surface area contributed by atoms with Crippen molar-refractivity contribution in [3.05, 3.63) is 36.2 Å². The summed E-state index contributed by atoms with van der Waals surface area (Å²) >= 11 is 0. The summed E-state index contributed by atoms with van der Waals surface area (Å²) in [7, 11) is 0. The van der Waals surface area contributed by atoms with Crippen molar-refractivity contribution in [3.63, 3.8) is 0 Å². The highest BCUT2D eigenvalue weighted by Gasteiger charge is 2.15. The Morgan fingerprint density at radius 1 is 1.22 bits per heavy atom. The number of nitrogens with one attached hydrogen (secondary N) is 2. The summed E-state index contributed by atoms with van der Waals surface area (Å²) in [6.45, 7) is 6.24. The maximum absolute atomic E-state index is 4.64. The van der Waals surface area contributed by atoms with E-state index in [4.69, 9.17) is 0 Å². The zero-order chi connectivity index (χ0) is 15.9. The first-order valence-corrected chi connectivity index (χ1v) is 8.40. The zero-order valence-electron chi connectivity index (χ0n) is 13.7. The maximum Gasteiger partial charge on any atom is 0.191 e. The summed E-state index contributed by atoms with van der Waals surface area (Å²) in [5.41, 5.74) is 0. The van der Waals surface area contributed by atoms with E-state index in [2.05, 4.69) is 54.3 Å². The van der Waals surface area contributed by atoms with Gasteiger partial charge in [0.1, 0.15) is 12.4 Å². The van der Waals surface area contributed by atoms with Gasteiger partial charge >= 0.3 is 0 Å².